The molecule has 0 bridgehead atoms. The van der Waals surface area contributed by atoms with Crippen LogP contribution in [0, 0.1) is 0 Å². The lowest BCUT2D eigenvalue weighted by atomic mass is 10.3. The molecule has 1 saturated heterocycles. The molecule has 114 valence electrons. The van der Waals surface area contributed by atoms with E-state index in [0.717, 1.165) is 10.2 Å². The number of aromatic nitrogens is 1. The number of rotatable bonds is 2. The normalized spacial score (nSPS) is 17.5. The van der Waals surface area contributed by atoms with Crippen LogP contribution in [0.1, 0.15) is 10.5 Å². The monoisotopic (exact) mass is 327 g/mol. The number of fused-ring (bicyclic) bond motifs is 1. The number of carbonyl (C=O) groups is 1. The summed E-state index contributed by atoms with van der Waals surface area (Å²) < 4.78 is 27.4. The van der Waals surface area contributed by atoms with Crippen molar-refractivity contribution in [3.05, 3.63) is 23.2 Å². The third-order valence-electron chi connectivity index (χ3n) is 3.88. The van der Waals surface area contributed by atoms with Crippen molar-refractivity contribution in [1.82, 2.24) is 13.8 Å². The number of carbonyl (C=O) groups excluding carboxylic acids is 1. The largest absolute Gasteiger partial charge is 0.339 e. The number of hydrogen-bond acceptors (Lipinski definition) is 4. The molecule has 3 heterocycles. The van der Waals surface area contributed by atoms with Crippen molar-refractivity contribution < 1.29 is 13.2 Å². The smallest absolute Gasteiger partial charge is 0.270 e. The summed E-state index contributed by atoms with van der Waals surface area (Å²) in [7, 11) is -1.28. The Balaban J connectivity index is 1.78. The topological polar surface area (TPSA) is 62.6 Å². The SMILES string of the molecule is Cn1c(C(=O)N2CCN(S(C)(=O)=O)CC2)cc2sccc21. The fraction of sp³-hybridized carbons (Fsp3) is 0.462. The molecule has 1 fully saturated rings. The highest BCUT2D eigenvalue weighted by Crippen LogP contribution is 2.25. The number of piperazine rings is 1. The predicted octanol–water partition coefficient (Wildman–Crippen LogP) is 0.957. The average Bonchev–Trinajstić information content (AvgIpc) is 3.01. The number of thiophene rings is 1. The molecule has 21 heavy (non-hydrogen) atoms. The first kappa shape index (κ1) is 14.6. The summed E-state index contributed by atoms with van der Waals surface area (Å²) in [4.78, 5) is 14.3. The molecule has 1 aliphatic heterocycles. The highest BCUT2D eigenvalue weighted by molar-refractivity contribution is 7.88. The standard InChI is InChI=1S/C13H17N3O3S2/c1-14-10-3-8-20-12(10)9-11(14)13(17)15-4-6-16(7-5-15)21(2,18)19/h3,8-9H,4-7H2,1-2H3. The Morgan fingerprint density at radius 2 is 1.90 bits per heavy atom. The Bertz CT molecular complexity index is 783. The molecule has 0 atom stereocenters. The fourth-order valence-corrected chi connectivity index (χ4v) is 4.32. The highest BCUT2D eigenvalue weighted by Gasteiger charge is 2.28. The molecular weight excluding hydrogens is 310 g/mol. The van der Waals surface area contributed by atoms with Gasteiger partial charge in [0.25, 0.3) is 5.91 Å². The van der Waals surface area contributed by atoms with Gasteiger partial charge in [-0.15, -0.1) is 11.3 Å². The van der Waals surface area contributed by atoms with Crippen molar-refractivity contribution >= 4 is 37.5 Å². The number of nitrogens with zero attached hydrogens (tertiary/aromatic N) is 3. The van der Waals surface area contributed by atoms with Crippen LogP contribution in [0.4, 0.5) is 0 Å². The van der Waals surface area contributed by atoms with E-state index in [2.05, 4.69) is 0 Å². The van der Waals surface area contributed by atoms with Crippen molar-refractivity contribution in [3.63, 3.8) is 0 Å². The maximum absolute atomic E-state index is 12.6. The third kappa shape index (κ3) is 2.58. The van der Waals surface area contributed by atoms with E-state index >= 15 is 0 Å². The molecule has 1 amide bonds. The summed E-state index contributed by atoms with van der Waals surface area (Å²) >= 11 is 1.61. The summed E-state index contributed by atoms with van der Waals surface area (Å²) in [5.74, 6) is -0.0333. The molecule has 6 nitrogen and oxygen atoms in total. The van der Waals surface area contributed by atoms with Crippen molar-refractivity contribution in [2.45, 2.75) is 0 Å². The Morgan fingerprint density at radius 1 is 1.24 bits per heavy atom. The van der Waals surface area contributed by atoms with Crippen molar-refractivity contribution in [2.75, 3.05) is 32.4 Å². The van der Waals surface area contributed by atoms with Gasteiger partial charge in [-0.25, -0.2) is 8.42 Å². The summed E-state index contributed by atoms with van der Waals surface area (Å²) in [6, 6.07) is 3.91. The lowest BCUT2D eigenvalue weighted by Crippen LogP contribution is -2.50. The minimum Gasteiger partial charge on any atom is -0.339 e. The van der Waals surface area contributed by atoms with Crippen LogP contribution in [0.2, 0.25) is 0 Å². The third-order valence-corrected chi connectivity index (χ3v) is 6.03. The summed E-state index contributed by atoms with van der Waals surface area (Å²) in [6.45, 7) is 1.60. The zero-order valence-electron chi connectivity index (χ0n) is 11.9. The van der Waals surface area contributed by atoms with Crippen LogP contribution in [0.15, 0.2) is 17.5 Å². The van der Waals surface area contributed by atoms with Gasteiger partial charge in [0.2, 0.25) is 10.0 Å². The Kier molecular flexibility index (Phi) is 3.54. The van der Waals surface area contributed by atoms with Crippen molar-refractivity contribution in [3.8, 4) is 0 Å². The van der Waals surface area contributed by atoms with E-state index in [9.17, 15) is 13.2 Å². The summed E-state index contributed by atoms with van der Waals surface area (Å²) in [5, 5.41) is 2.00. The van der Waals surface area contributed by atoms with Crippen LogP contribution in [-0.2, 0) is 17.1 Å². The lowest BCUT2D eigenvalue weighted by Gasteiger charge is -2.33. The van der Waals surface area contributed by atoms with Crippen molar-refractivity contribution in [1.29, 1.82) is 0 Å². The quantitative estimate of drug-likeness (QED) is 0.825. The Hall–Kier alpha value is -1.38. The Labute approximate surface area is 127 Å². The minimum absolute atomic E-state index is 0.0333. The van der Waals surface area contributed by atoms with Crippen LogP contribution in [-0.4, -0.2) is 60.5 Å². The molecule has 0 unspecified atom stereocenters. The van der Waals surface area contributed by atoms with E-state index in [0.29, 0.717) is 31.9 Å². The number of hydrogen-bond donors (Lipinski definition) is 0. The minimum atomic E-state index is -3.17. The summed E-state index contributed by atoms with van der Waals surface area (Å²) in [5.41, 5.74) is 1.71. The van der Waals surface area contributed by atoms with Gasteiger partial charge in [-0.2, -0.15) is 4.31 Å². The van der Waals surface area contributed by atoms with Crippen LogP contribution >= 0.6 is 11.3 Å². The van der Waals surface area contributed by atoms with Crippen LogP contribution < -0.4 is 0 Å². The van der Waals surface area contributed by atoms with Gasteiger partial charge in [-0.1, -0.05) is 0 Å². The van der Waals surface area contributed by atoms with E-state index in [1.807, 2.05) is 29.1 Å². The average molecular weight is 327 g/mol. The van der Waals surface area contributed by atoms with Gasteiger partial charge >= 0.3 is 0 Å². The maximum Gasteiger partial charge on any atom is 0.270 e. The molecule has 0 spiro atoms. The summed E-state index contributed by atoms with van der Waals surface area (Å²) in [6.07, 6.45) is 1.20. The van der Waals surface area contributed by atoms with Gasteiger partial charge in [0.15, 0.2) is 0 Å². The Morgan fingerprint density at radius 3 is 2.48 bits per heavy atom. The lowest BCUT2D eigenvalue weighted by molar-refractivity contribution is 0.0689. The molecule has 0 saturated carbocycles. The van der Waals surface area contributed by atoms with Crippen LogP contribution in [0.5, 0.6) is 0 Å². The van der Waals surface area contributed by atoms with Gasteiger partial charge in [0.05, 0.1) is 16.5 Å². The molecule has 0 aliphatic carbocycles. The van der Waals surface area contributed by atoms with E-state index in [1.165, 1.54) is 10.6 Å². The molecule has 3 rings (SSSR count). The van der Waals surface area contributed by atoms with E-state index in [1.54, 1.807) is 16.2 Å². The van der Waals surface area contributed by atoms with Gasteiger partial charge in [0.1, 0.15) is 5.69 Å². The zero-order chi connectivity index (χ0) is 15.2. The van der Waals surface area contributed by atoms with E-state index < -0.39 is 10.0 Å². The van der Waals surface area contributed by atoms with Crippen LogP contribution in [0.3, 0.4) is 0 Å². The number of aryl methyl sites for hydroxylation is 1. The van der Waals surface area contributed by atoms with Gasteiger partial charge in [-0.05, 0) is 17.5 Å². The van der Waals surface area contributed by atoms with Gasteiger partial charge < -0.3 is 9.47 Å². The molecule has 0 aromatic carbocycles. The first-order valence-corrected chi connectivity index (χ1v) is 9.38. The first-order valence-electron chi connectivity index (χ1n) is 6.65. The zero-order valence-corrected chi connectivity index (χ0v) is 13.6. The molecular formula is C13H17N3O3S2. The molecule has 2 aromatic heterocycles. The fourth-order valence-electron chi connectivity index (χ4n) is 2.64. The molecule has 0 N–H and O–H groups in total. The number of amides is 1. The second-order valence-electron chi connectivity index (χ2n) is 5.21. The predicted molar refractivity (Wildman–Crippen MR) is 83.1 cm³/mol. The first-order chi connectivity index (χ1) is 9.88. The highest BCUT2D eigenvalue weighted by atomic mass is 32.2. The maximum atomic E-state index is 12.6. The second-order valence-corrected chi connectivity index (χ2v) is 8.14. The molecule has 1 aliphatic rings. The molecule has 8 heteroatoms. The second kappa shape index (κ2) is 5.11. The van der Waals surface area contributed by atoms with Crippen molar-refractivity contribution in [2.24, 2.45) is 7.05 Å². The number of sulfonamides is 1. The van der Waals surface area contributed by atoms with Gasteiger partial charge in [-0.3, -0.25) is 4.79 Å². The van der Waals surface area contributed by atoms with Gasteiger partial charge in [0, 0.05) is 33.2 Å². The molecule has 2 aromatic rings. The van der Waals surface area contributed by atoms with E-state index in [4.69, 9.17) is 0 Å². The van der Waals surface area contributed by atoms with Crippen LogP contribution in [0.25, 0.3) is 10.2 Å². The molecule has 0 radical (unpaired) electrons. The van der Waals surface area contributed by atoms with E-state index in [-0.39, 0.29) is 5.91 Å².